The highest BCUT2D eigenvalue weighted by Gasteiger charge is 2.37. The van der Waals surface area contributed by atoms with Gasteiger partial charge in [-0.3, -0.25) is 0 Å². The van der Waals surface area contributed by atoms with Crippen LogP contribution < -0.4 is 5.73 Å². The van der Waals surface area contributed by atoms with E-state index in [-0.39, 0.29) is 11.4 Å². The Morgan fingerprint density at radius 3 is 2.05 bits per heavy atom. The average molecular weight is 288 g/mol. The zero-order valence-corrected chi connectivity index (χ0v) is 12.4. The molecule has 2 N–H and O–H groups in total. The van der Waals surface area contributed by atoms with Gasteiger partial charge < -0.3 is 5.73 Å². The van der Waals surface area contributed by atoms with Crippen molar-refractivity contribution in [1.29, 1.82) is 0 Å². The Morgan fingerprint density at radius 2 is 1.68 bits per heavy atom. The average Bonchev–Trinajstić information content (AvgIpc) is 2.41. The van der Waals surface area contributed by atoms with Crippen LogP contribution in [0.3, 0.4) is 0 Å². The minimum Gasteiger partial charge on any atom is -0.329 e. The molecule has 0 aliphatic rings. The largest absolute Gasteiger partial charge is 0.329 e. The van der Waals surface area contributed by atoms with E-state index in [2.05, 4.69) is 0 Å². The molecule has 0 radical (unpaired) electrons. The first-order chi connectivity index (χ1) is 8.84. The molecule has 0 heterocycles. The minimum atomic E-state index is -3.66. The Bertz CT molecular complexity index is 502. The molecule has 0 amide bonds. The smallest absolute Gasteiger partial charge is 0.243 e. The fourth-order valence-electron chi connectivity index (χ4n) is 2.13. The molecule has 1 rings (SSSR count). The Hall–Kier alpha value is -0.980. The molecule has 1 aromatic rings. The third-order valence-electron chi connectivity index (χ3n) is 3.84. The van der Waals surface area contributed by atoms with Crippen molar-refractivity contribution in [3.63, 3.8) is 0 Å². The van der Waals surface area contributed by atoms with Crippen LogP contribution in [-0.2, 0) is 10.0 Å². The maximum Gasteiger partial charge on any atom is 0.243 e. The predicted molar refractivity (Wildman–Crippen MR) is 73.7 cm³/mol. The molecule has 0 unspecified atom stereocenters. The second kappa shape index (κ2) is 5.98. The molecule has 0 aliphatic heterocycles. The fraction of sp³-hybridized carbons (Fsp3) is 0.538. The molecule has 0 bridgehead atoms. The summed E-state index contributed by atoms with van der Waals surface area (Å²) in [5.41, 5.74) is 5.16. The Morgan fingerprint density at radius 1 is 1.21 bits per heavy atom. The lowest BCUT2D eigenvalue weighted by molar-refractivity contribution is 0.208. The molecule has 0 saturated heterocycles. The molecular formula is C13H21FN2O2S. The monoisotopic (exact) mass is 288 g/mol. The maximum atomic E-state index is 12.9. The first-order valence-corrected chi connectivity index (χ1v) is 7.72. The first kappa shape index (κ1) is 16.1. The molecule has 6 heteroatoms. The summed E-state index contributed by atoms with van der Waals surface area (Å²) in [6.45, 7) is 4.07. The highest BCUT2D eigenvalue weighted by atomic mass is 32.2. The van der Waals surface area contributed by atoms with Gasteiger partial charge in [-0.2, -0.15) is 4.31 Å². The molecule has 19 heavy (non-hydrogen) atoms. The van der Waals surface area contributed by atoms with Crippen LogP contribution in [0.25, 0.3) is 0 Å². The number of sulfonamides is 1. The zero-order valence-electron chi connectivity index (χ0n) is 11.6. The van der Waals surface area contributed by atoms with Gasteiger partial charge in [-0.15, -0.1) is 0 Å². The van der Waals surface area contributed by atoms with Crippen LogP contribution in [0.2, 0.25) is 0 Å². The van der Waals surface area contributed by atoms with Crippen molar-refractivity contribution in [2.75, 3.05) is 13.6 Å². The minimum absolute atomic E-state index is 0.0797. The number of benzene rings is 1. The van der Waals surface area contributed by atoms with E-state index in [4.69, 9.17) is 5.73 Å². The Balaban J connectivity index is 3.22. The number of nitrogens with two attached hydrogens (primary N) is 1. The molecular weight excluding hydrogens is 267 g/mol. The summed E-state index contributed by atoms with van der Waals surface area (Å²) in [4.78, 5) is 0.0797. The molecule has 0 spiro atoms. The second-order valence-electron chi connectivity index (χ2n) is 4.56. The van der Waals surface area contributed by atoms with Crippen LogP contribution >= 0.6 is 0 Å². The van der Waals surface area contributed by atoms with Crippen LogP contribution in [0, 0.1) is 5.82 Å². The van der Waals surface area contributed by atoms with Gasteiger partial charge in [-0.1, -0.05) is 13.8 Å². The highest BCUT2D eigenvalue weighted by Crippen LogP contribution is 2.28. The van der Waals surface area contributed by atoms with Gasteiger partial charge in [-0.05, 0) is 37.1 Å². The highest BCUT2D eigenvalue weighted by molar-refractivity contribution is 7.89. The lowest BCUT2D eigenvalue weighted by atomic mass is 9.93. The van der Waals surface area contributed by atoms with E-state index in [0.717, 1.165) is 12.1 Å². The van der Waals surface area contributed by atoms with Gasteiger partial charge in [0.1, 0.15) is 5.82 Å². The fourth-order valence-corrected chi connectivity index (χ4v) is 3.77. The van der Waals surface area contributed by atoms with E-state index in [0.29, 0.717) is 12.8 Å². The Labute approximate surface area is 114 Å². The van der Waals surface area contributed by atoms with E-state index in [1.54, 1.807) is 0 Å². The van der Waals surface area contributed by atoms with E-state index in [1.807, 2.05) is 13.8 Å². The van der Waals surface area contributed by atoms with Crippen molar-refractivity contribution in [3.8, 4) is 0 Å². The molecule has 0 aliphatic carbocycles. The third kappa shape index (κ3) is 2.96. The van der Waals surface area contributed by atoms with Gasteiger partial charge in [0, 0.05) is 19.1 Å². The van der Waals surface area contributed by atoms with Gasteiger partial charge in [0.25, 0.3) is 0 Å². The summed E-state index contributed by atoms with van der Waals surface area (Å²) in [5.74, 6) is -0.460. The lowest BCUT2D eigenvalue weighted by Crippen LogP contribution is -2.53. The summed E-state index contributed by atoms with van der Waals surface area (Å²) in [6, 6.07) is 4.83. The van der Waals surface area contributed by atoms with Crippen molar-refractivity contribution in [2.45, 2.75) is 37.1 Å². The van der Waals surface area contributed by atoms with E-state index < -0.39 is 21.4 Å². The van der Waals surface area contributed by atoms with Crippen LogP contribution in [0.15, 0.2) is 29.2 Å². The quantitative estimate of drug-likeness (QED) is 0.870. The standard InChI is InChI=1S/C13H21FN2O2S/c1-4-13(5-2,10-15)16(3)19(17,18)12-8-6-11(14)7-9-12/h6-9H,4-5,10,15H2,1-3H3. The van der Waals surface area contributed by atoms with Crippen LogP contribution in [-0.4, -0.2) is 31.9 Å². The molecule has 4 nitrogen and oxygen atoms in total. The summed E-state index contributed by atoms with van der Waals surface area (Å²) in [7, 11) is -2.14. The first-order valence-electron chi connectivity index (χ1n) is 6.28. The normalized spacial score (nSPS) is 12.9. The third-order valence-corrected chi connectivity index (χ3v) is 5.81. The lowest BCUT2D eigenvalue weighted by Gasteiger charge is -2.38. The molecule has 0 atom stereocenters. The number of likely N-dealkylation sites (N-methyl/N-ethyl adjacent to an activating group) is 1. The molecule has 0 fully saturated rings. The van der Waals surface area contributed by atoms with Crippen molar-refractivity contribution in [2.24, 2.45) is 5.73 Å². The van der Waals surface area contributed by atoms with Crippen LogP contribution in [0.5, 0.6) is 0 Å². The molecule has 1 aromatic carbocycles. The maximum absolute atomic E-state index is 12.9. The number of hydrogen-bond acceptors (Lipinski definition) is 3. The Kier molecular flexibility index (Phi) is 5.06. The van der Waals surface area contributed by atoms with Crippen LogP contribution in [0.4, 0.5) is 4.39 Å². The number of halogens is 1. The molecule has 108 valence electrons. The van der Waals surface area contributed by atoms with Gasteiger partial charge in [-0.25, -0.2) is 12.8 Å². The van der Waals surface area contributed by atoms with E-state index in [9.17, 15) is 12.8 Å². The van der Waals surface area contributed by atoms with Crippen molar-refractivity contribution in [3.05, 3.63) is 30.1 Å². The second-order valence-corrected chi connectivity index (χ2v) is 6.53. The summed E-state index contributed by atoms with van der Waals surface area (Å²) < 4.78 is 39.2. The topological polar surface area (TPSA) is 63.4 Å². The summed E-state index contributed by atoms with van der Waals surface area (Å²) in [5, 5.41) is 0. The summed E-state index contributed by atoms with van der Waals surface area (Å²) in [6.07, 6.45) is 1.24. The van der Waals surface area contributed by atoms with E-state index >= 15 is 0 Å². The van der Waals surface area contributed by atoms with Gasteiger partial charge in [0.15, 0.2) is 0 Å². The van der Waals surface area contributed by atoms with Crippen molar-refractivity contribution < 1.29 is 12.8 Å². The number of rotatable bonds is 6. The summed E-state index contributed by atoms with van der Waals surface area (Å²) >= 11 is 0. The number of hydrogen-bond donors (Lipinski definition) is 1. The molecule has 0 saturated carbocycles. The van der Waals surface area contributed by atoms with Crippen molar-refractivity contribution >= 4 is 10.0 Å². The number of nitrogens with zero attached hydrogens (tertiary/aromatic N) is 1. The zero-order chi connectivity index (χ0) is 14.7. The van der Waals surface area contributed by atoms with Gasteiger partial charge in [0.2, 0.25) is 10.0 Å². The van der Waals surface area contributed by atoms with Gasteiger partial charge in [0.05, 0.1) is 4.90 Å². The SMILES string of the molecule is CCC(CC)(CN)N(C)S(=O)(=O)c1ccc(F)cc1. The molecule has 0 aromatic heterocycles. The predicted octanol–water partition coefficient (Wildman–Crippen LogP) is 1.96. The van der Waals surface area contributed by atoms with E-state index in [1.165, 1.54) is 23.5 Å². The van der Waals surface area contributed by atoms with Crippen molar-refractivity contribution in [1.82, 2.24) is 4.31 Å². The van der Waals surface area contributed by atoms with Crippen LogP contribution in [0.1, 0.15) is 26.7 Å². The van der Waals surface area contributed by atoms with Gasteiger partial charge >= 0.3 is 0 Å².